The van der Waals surface area contributed by atoms with Crippen LogP contribution in [0, 0.1) is 11.7 Å². The third-order valence-corrected chi connectivity index (χ3v) is 5.40. The lowest BCUT2D eigenvalue weighted by Gasteiger charge is -2.24. The number of nitrogens with zero attached hydrogens (tertiary/aromatic N) is 1. The number of carbonyl (C=O) groups excluding carboxylic acids is 1. The Balaban J connectivity index is 2.18. The first kappa shape index (κ1) is 20.0. The second-order valence-electron chi connectivity index (χ2n) is 6.28. The van der Waals surface area contributed by atoms with Crippen LogP contribution in [0.4, 0.5) is 4.39 Å². The van der Waals surface area contributed by atoms with E-state index in [2.05, 4.69) is 15.0 Å². The molecule has 1 unspecified atom stereocenters. The third kappa shape index (κ3) is 4.86. The van der Waals surface area contributed by atoms with Gasteiger partial charge in [0.1, 0.15) is 16.8 Å². The van der Waals surface area contributed by atoms with Crippen molar-refractivity contribution in [3.8, 4) is 0 Å². The number of nitrogens with one attached hydrogen (secondary N) is 2. The predicted molar refractivity (Wildman–Crippen MR) is 96.1 cm³/mol. The van der Waals surface area contributed by atoms with Crippen molar-refractivity contribution in [3.63, 3.8) is 0 Å². The molecule has 140 valence electrons. The number of benzene rings is 1. The molecule has 0 saturated heterocycles. The Morgan fingerprint density at radius 1 is 1.08 bits per heavy atom. The fourth-order valence-electron chi connectivity index (χ4n) is 2.42. The van der Waals surface area contributed by atoms with Crippen molar-refractivity contribution >= 4 is 15.9 Å². The van der Waals surface area contributed by atoms with Crippen molar-refractivity contribution in [2.75, 3.05) is 0 Å². The van der Waals surface area contributed by atoms with Crippen molar-refractivity contribution in [3.05, 3.63) is 60.2 Å². The van der Waals surface area contributed by atoms with E-state index in [0.717, 1.165) is 17.7 Å². The Kier molecular flexibility index (Phi) is 6.44. The molecule has 0 spiro atoms. The number of amides is 1. The summed E-state index contributed by atoms with van der Waals surface area (Å²) in [6.07, 6.45) is 3.22. The van der Waals surface area contributed by atoms with Crippen LogP contribution >= 0.6 is 0 Å². The first-order valence-electron chi connectivity index (χ1n) is 8.19. The minimum Gasteiger partial charge on any atom is -0.348 e. The molecule has 1 aromatic heterocycles. The monoisotopic (exact) mass is 379 g/mol. The van der Waals surface area contributed by atoms with Crippen LogP contribution in [-0.4, -0.2) is 25.4 Å². The zero-order valence-corrected chi connectivity index (χ0v) is 15.6. The summed E-state index contributed by atoms with van der Waals surface area (Å²) in [5.41, 5.74) is 0.841. The van der Waals surface area contributed by atoms with Crippen LogP contribution in [0.1, 0.15) is 32.4 Å². The van der Waals surface area contributed by atoms with Crippen molar-refractivity contribution in [2.45, 2.75) is 37.8 Å². The van der Waals surface area contributed by atoms with E-state index in [1.54, 1.807) is 45.3 Å². The molecule has 6 nitrogen and oxygen atoms in total. The molecule has 2 aromatic rings. The molecular formula is C18H22FN3O3S. The van der Waals surface area contributed by atoms with E-state index < -0.39 is 32.7 Å². The van der Waals surface area contributed by atoms with Crippen LogP contribution in [-0.2, 0) is 14.8 Å². The Bertz CT molecular complexity index is 857. The minimum atomic E-state index is -4.18. The second kappa shape index (κ2) is 8.37. The second-order valence-corrected chi connectivity index (χ2v) is 7.97. The number of hydrogen-bond donors (Lipinski definition) is 2. The molecule has 2 rings (SSSR count). The first-order valence-corrected chi connectivity index (χ1v) is 9.68. The van der Waals surface area contributed by atoms with E-state index in [9.17, 15) is 17.6 Å². The van der Waals surface area contributed by atoms with Gasteiger partial charge in [0, 0.05) is 12.4 Å². The van der Waals surface area contributed by atoms with Gasteiger partial charge in [-0.25, -0.2) is 12.8 Å². The molecule has 0 fully saturated rings. The van der Waals surface area contributed by atoms with Crippen LogP contribution in [0.3, 0.4) is 0 Å². The van der Waals surface area contributed by atoms with Gasteiger partial charge in [0.05, 0.1) is 6.04 Å². The number of rotatable bonds is 7. The molecular weight excluding hydrogens is 357 g/mol. The lowest BCUT2D eigenvalue weighted by Crippen LogP contribution is -2.50. The number of hydrogen-bond acceptors (Lipinski definition) is 4. The zero-order chi connectivity index (χ0) is 19.3. The van der Waals surface area contributed by atoms with E-state index >= 15 is 0 Å². The summed E-state index contributed by atoms with van der Waals surface area (Å²) >= 11 is 0. The van der Waals surface area contributed by atoms with Crippen molar-refractivity contribution in [1.29, 1.82) is 0 Å². The maximum atomic E-state index is 13.8. The number of pyridine rings is 1. The number of halogens is 1. The molecule has 0 bridgehead atoms. The summed E-state index contributed by atoms with van der Waals surface area (Å²) in [7, 11) is -4.18. The van der Waals surface area contributed by atoms with Crippen LogP contribution in [0.15, 0.2) is 53.7 Å². The van der Waals surface area contributed by atoms with Gasteiger partial charge in [0.2, 0.25) is 15.9 Å². The number of sulfonamides is 1. The fourth-order valence-corrected chi connectivity index (χ4v) is 3.85. The standard InChI is InChI=1S/C18H22FN3O3S/c1-12(2)17(18(23)21-13(3)14-8-10-20-11-9-14)22-26(24,25)16-7-5-4-6-15(16)19/h4-13,17,22H,1-3H3,(H,21,23)/t13?,17-/m0/s1. The molecule has 2 atom stereocenters. The topological polar surface area (TPSA) is 88.2 Å². The minimum absolute atomic E-state index is 0.329. The lowest BCUT2D eigenvalue weighted by atomic mass is 10.0. The van der Waals surface area contributed by atoms with Gasteiger partial charge in [-0.15, -0.1) is 0 Å². The van der Waals surface area contributed by atoms with Crippen LogP contribution in [0.2, 0.25) is 0 Å². The highest BCUT2D eigenvalue weighted by Gasteiger charge is 2.30. The van der Waals surface area contributed by atoms with Crippen LogP contribution in [0.25, 0.3) is 0 Å². The van der Waals surface area contributed by atoms with Gasteiger partial charge >= 0.3 is 0 Å². The molecule has 1 aromatic carbocycles. The van der Waals surface area contributed by atoms with Gasteiger partial charge in [-0.1, -0.05) is 26.0 Å². The average Bonchev–Trinajstić information content (AvgIpc) is 2.60. The van der Waals surface area contributed by atoms with Gasteiger partial charge in [-0.2, -0.15) is 4.72 Å². The van der Waals surface area contributed by atoms with Crippen LogP contribution < -0.4 is 10.0 Å². The molecule has 0 saturated carbocycles. The molecule has 0 aliphatic carbocycles. The van der Waals surface area contributed by atoms with Crippen molar-refractivity contribution in [1.82, 2.24) is 15.0 Å². The van der Waals surface area contributed by atoms with Gasteiger partial charge in [0.15, 0.2) is 0 Å². The van der Waals surface area contributed by atoms with E-state index in [1.165, 1.54) is 12.1 Å². The maximum absolute atomic E-state index is 13.8. The van der Waals surface area contributed by atoms with E-state index in [0.29, 0.717) is 0 Å². The normalized spacial score (nSPS) is 14.0. The number of carbonyl (C=O) groups is 1. The highest BCUT2D eigenvalue weighted by atomic mass is 32.2. The van der Waals surface area contributed by atoms with Crippen molar-refractivity contribution < 1.29 is 17.6 Å². The molecule has 26 heavy (non-hydrogen) atoms. The summed E-state index contributed by atoms with van der Waals surface area (Å²) in [4.78, 5) is 16.1. The van der Waals surface area contributed by atoms with Gasteiger partial charge in [-0.05, 0) is 42.7 Å². The molecule has 2 N–H and O–H groups in total. The zero-order valence-electron chi connectivity index (χ0n) is 14.8. The Morgan fingerprint density at radius 2 is 1.69 bits per heavy atom. The average molecular weight is 379 g/mol. The van der Waals surface area contributed by atoms with Crippen molar-refractivity contribution in [2.24, 2.45) is 5.92 Å². The van der Waals surface area contributed by atoms with E-state index in [4.69, 9.17) is 0 Å². The SMILES string of the molecule is CC(NC(=O)[C@@H](NS(=O)(=O)c1ccccc1F)C(C)C)c1ccncc1. The van der Waals surface area contributed by atoms with E-state index in [1.807, 2.05) is 0 Å². The summed E-state index contributed by atoms with van der Waals surface area (Å²) in [6, 6.07) is 7.20. The fraction of sp³-hybridized carbons (Fsp3) is 0.333. The predicted octanol–water partition coefficient (Wildman–Crippen LogP) is 2.40. The molecule has 0 radical (unpaired) electrons. The Labute approximate surface area is 152 Å². The van der Waals surface area contributed by atoms with Crippen LogP contribution in [0.5, 0.6) is 0 Å². The quantitative estimate of drug-likeness (QED) is 0.773. The molecule has 8 heteroatoms. The highest BCUT2D eigenvalue weighted by Crippen LogP contribution is 2.17. The molecule has 0 aliphatic rings. The Hall–Kier alpha value is -2.32. The van der Waals surface area contributed by atoms with E-state index in [-0.39, 0.29) is 12.0 Å². The molecule has 1 amide bonds. The van der Waals surface area contributed by atoms with Gasteiger partial charge in [-0.3, -0.25) is 9.78 Å². The maximum Gasteiger partial charge on any atom is 0.244 e. The smallest absolute Gasteiger partial charge is 0.244 e. The first-order chi connectivity index (χ1) is 12.2. The summed E-state index contributed by atoms with van der Waals surface area (Å²) in [6.45, 7) is 5.21. The molecule has 1 heterocycles. The summed E-state index contributed by atoms with van der Waals surface area (Å²) in [5.74, 6) is -1.68. The molecule has 0 aliphatic heterocycles. The number of aromatic nitrogens is 1. The highest BCUT2D eigenvalue weighted by molar-refractivity contribution is 7.89. The largest absolute Gasteiger partial charge is 0.348 e. The van der Waals surface area contributed by atoms with Gasteiger partial charge < -0.3 is 5.32 Å². The summed E-state index contributed by atoms with van der Waals surface area (Å²) < 4.78 is 41.1. The van der Waals surface area contributed by atoms with Gasteiger partial charge in [0.25, 0.3) is 0 Å². The lowest BCUT2D eigenvalue weighted by molar-refractivity contribution is -0.124. The Morgan fingerprint density at radius 3 is 2.27 bits per heavy atom. The summed E-state index contributed by atoms with van der Waals surface area (Å²) in [5, 5.41) is 2.78. The third-order valence-electron chi connectivity index (χ3n) is 3.92.